The summed E-state index contributed by atoms with van der Waals surface area (Å²) in [5.41, 5.74) is 0.535. The summed E-state index contributed by atoms with van der Waals surface area (Å²) in [6.45, 7) is 6.26. The SMILES string of the molecule is C[Si](C)(C)CNC(=O)C1c2ccccc2C(=O)N1Cc1cccc(C(F)(F)F)c1. The Morgan fingerprint density at radius 2 is 1.79 bits per heavy atom. The van der Waals surface area contributed by atoms with Gasteiger partial charge in [-0.2, -0.15) is 13.2 Å². The van der Waals surface area contributed by atoms with Gasteiger partial charge in [-0.1, -0.05) is 50.0 Å². The molecule has 1 atom stereocenters. The van der Waals surface area contributed by atoms with Gasteiger partial charge in [0.1, 0.15) is 6.04 Å². The second-order valence-corrected chi connectivity index (χ2v) is 13.9. The van der Waals surface area contributed by atoms with Crippen LogP contribution in [0.3, 0.4) is 0 Å². The van der Waals surface area contributed by atoms with Crippen LogP contribution in [-0.4, -0.2) is 31.0 Å². The lowest BCUT2D eigenvalue weighted by Gasteiger charge is -2.26. The molecule has 1 heterocycles. The van der Waals surface area contributed by atoms with Crippen molar-refractivity contribution in [1.29, 1.82) is 0 Å². The van der Waals surface area contributed by atoms with Crippen molar-refractivity contribution >= 4 is 19.9 Å². The van der Waals surface area contributed by atoms with Crippen molar-refractivity contribution in [1.82, 2.24) is 10.2 Å². The smallest absolute Gasteiger partial charge is 0.357 e. The van der Waals surface area contributed by atoms with Crippen LogP contribution < -0.4 is 5.32 Å². The first kappa shape index (κ1) is 21.1. The van der Waals surface area contributed by atoms with E-state index >= 15 is 0 Å². The first-order valence-corrected chi connectivity index (χ1v) is 13.0. The first-order chi connectivity index (χ1) is 13.5. The van der Waals surface area contributed by atoms with Crippen LogP contribution in [0.2, 0.25) is 19.6 Å². The fourth-order valence-corrected chi connectivity index (χ4v) is 4.01. The molecule has 0 fully saturated rings. The number of carbonyl (C=O) groups excluding carboxylic acids is 2. The predicted octanol–water partition coefficient (Wildman–Crippen LogP) is 4.40. The van der Waals surface area contributed by atoms with Crippen LogP contribution >= 0.6 is 0 Å². The Labute approximate surface area is 168 Å². The molecule has 2 aromatic carbocycles. The number of carbonyl (C=O) groups is 2. The molecule has 0 bridgehead atoms. The minimum Gasteiger partial charge on any atom is -0.357 e. The van der Waals surface area contributed by atoms with E-state index in [9.17, 15) is 22.8 Å². The van der Waals surface area contributed by atoms with Crippen molar-refractivity contribution < 1.29 is 22.8 Å². The van der Waals surface area contributed by atoms with Crippen LogP contribution in [0.25, 0.3) is 0 Å². The number of nitrogens with zero attached hydrogens (tertiary/aromatic N) is 1. The van der Waals surface area contributed by atoms with Crippen molar-refractivity contribution in [3.8, 4) is 0 Å². The van der Waals surface area contributed by atoms with E-state index < -0.39 is 25.9 Å². The molecule has 1 aliphatic rings. The summed E-state index contributed by atoms with van der Waals surface area (Å²) in [6, 6.07) is 10.8. The second kappa shape index (κ2) is 7.66. The summed E-state index contributed by atoms with van der Waals surface area (Å²) in [5.74, 6) is -0.663. The minimum atomic E-state index is -4.47. The van der Waals surface area contributed by atoms with Crippen molar-refractivity contribution in [2.75, 3.05) is 6.17 Å². The first-order valence-electron chi connectivity index (χ1n) is 9.31. The third kappa shape index (κ3) is 4.69. The Morgan fingerprint density at radius 1 is 1.10 bits per heavy atom. The summed E-state index contributed by atoms with van der Waals surface area (Å²) in [4.78, 5) is 27.2. The Hall–Kier alpha value is -2.61. The van der Waals surface area contributed by atoms with Gasteiger partial charge in [-0.3, -0.25) is 9.59 Å². The molecule has 1 aliphatic heterocycles. The zero-order valence-corrected chi connectivity index (χ0v) is 17.5. The lowest BCUT2D eigenvalue weighted by molar-refractivity contribution is -0.137. The van der Waals surface area contributed by atoms with Gasteiger partial charge in [0.25, 0.3) is 5.91 Å². The van der Waals surface area contributed by atoms with Gasteiger partial charge in [0.15, 0.2) is 0 Å². The third-order valence-corrected chi connectivity index (χ3v) is 5.94. The van der Waals surface area contributed by atoms with E-state index in [0.717, 1.165) is 12.1 Å². The summed E-state index contributed by atoms with van der Waals surface area (Å²) in [6.07, 6.45) is -3.92. The van der Waals surface area contributed by atoms with E-state index in [1.54, 1.807) is 24.3 Å². The molecule has 29 heavy (non-hydrogen) atoms. The largest absolute Gasteiger partial charge is 0.416 e. The highest BCUT2D eigenvalue weighted by Gasteiger charge is 2.41. The van der Waals surface area contributed by atoms with Crippen molar-refractivity contribution in [3.63, 3.8) is 0 Å². The van der Waals surface area contributed by atoms with Gasteiger partial charge in [-0.15, -0.1) is 0 Å². The fourth-order valence-electron chi connectivity index (χ4n) is 3.31. The Bertz CT molecular complexity index is 938. The highest BCUT2D eigenvalue weighted by molar-refractivity contribution is 6.76. The van der Waals surface area contributed by atoms with Crippen LogP contribution in [0, 0.1) is 0 Å². The Kier molecular flexibility index (Phi) is 5.58. The van der Waals surface area contributed by atoms with Crippen LogP contribution in [-0.2, 0) is 17.5 Å². The monoisotopic (exact) mass is 420 g/mol. The number of alkyl halides is 3. The molecule has 4 nitrogen and oxygen atoms in total. The summed E-state index contributed by atoms with van der Waals surface area (Å²) >= 11 is 0. The highest BCUT2D eigenvalue weighted by Crippen LogP contribution is 2.36. The van der Waals surface area contributed by atoms with Gasteiger partial charge in [0, 0.05) is 18.3 Å². The zero-order chi connectivity index (χ0) is 21.4. The lowest BCUT2D eigenvalue weighted by Crippen LogP contribution is -2.45. The second-order valence-electron chi connectivity index (χ2n) is 8.40. The van der Waals surface area contributed by atoms with E-state index in [-0.39, 0.29) is 18.4 Å². The summed E-state index contributed by atoms with van der Waals surface area (Å²) in [7, 11) is -1.56. The number of hydrogen-bond donors (Lipinski definition) is 1. The van der Waals surface area contributed by atoms with Crippen LogP contribution in [0.1, 0.15) is 33.1 Å². The van der Waals surface area contributed by atoms with Crippen molar-refractivity contribution in [3.05, 3.63) is 70.8 Å². The van der Waals surface area contributed by atoms with Crippen LogP contribution in [0.15, 0.2) is 48.5 Å². The van der Waals surface area contributed by atoms with Gasteiger partial charge in [0.2, 0.25) is 5.91 Å². The molecule has 0 aliphatic carbocycles. The number of halogens is 3. The minimum absolute atomic E-state index is 0.0809. The van der Waals surface area contributed by atoms with E-state index in [1.807, 2.05) is 0 Å². The standard InChI is InChI=1S/C21H23F3N2O2Si/c1-29(2,3)13-25-19(27)18-16-9-4-5-10-17(16)20(28)26(18)12-14-7-6-8-15(11-14)21(22,23)24/h4-11,18H,12-13H2,1-3H3,(H,25,27). The molecular weight excluding hydrogens is 397 g/mol. The Balaban J connectivity index is 1.92. The van der Waals surface area contributed by atoms with Gasteiger partial charge in [-0.25, -0.2) is 0 Å². The number of nitrogens with one attached hydrogen (secondary N) is 1. The van der Waals surface area contributed by atoms with Gasteiger partial charge >= 0.3 is 6.18 Å². The van der Waals surface area contributed by atoms with Gasteiger partial charge < -0.3 is 10.2 Å². The van der Waals surface area contributed by atoms with Crippen molar-refractivity contribution in [2.24, 2.45) is 0 Å². The molecule has 0 saturated heterocycles. The number of rotatable bonds is 5. The van der Waals surface area contributed by atoms with E-state index in [1.165, 1.54) is 17.0 Å². The number of hydrogen-bond acceptors (Lipinski definition) is 2. The summed E-state index contributed by atoms with van der Waals surface area (Å²) in [5, 5.41) is 2.93. The number of fused-ring (bicyclic) bond motifs is 1. The molecule has 1 N–H and O–H groups in total. The van der Waals surface area contributed by atoms with Crippen molar-refractivity contribution in [2.45, 2.75) is 38.4 Å². The molecule has 1 unspecified atom stereocenters. The molecule has 0 spiro atoms. The topological polar surface area (TPSA) is 49.4 Å². The quantitative estimate of drug-likeness (QED) is 0.729. The molecule has 8 heteroatoms. The van der Waals surface area contributed by atoms with E-state index in [2.05, 4.69) is 25.0 Å². The molecule has 3 rings (SSSR count). The number of amides is 2. The molecule has 0 saturated carbocycles. The van der Waals surface area contributed by atoms with E-state index in [4.69, 9.17) is 0 Å². The maximum atomic E-state index is 13.0. The lowest BCUT2D eigenvalue weighted by atomic mass is 10.0. The van der Waals surface area contributed by atoms with Crippen LogP contribution in [0.5, 0.6) is 0 Å². The van der Waals surface area contributed by atoms with Gasteiger partial charge in [-0.05, 0) is 29.3 Å². The normalized spacial score (nSPS) is 16.7. The fraction of sp³-hybridized carbons (Fsp3) is 0.333. The average Bonchev–Trinajstić information content (AvgIpc) is 2.91. The molecule has 2 amide bonds. The number of benzene rings is 2. The van der Waals surface area contributed by atoms with E-state index in [0.29, 0.717) is 22.9 Å². The van der Waals surface area contributed by atoms with Gasteiger partial charge in [0.05, 0.1) is 13.6 Å². The maximum absolute atomic E-state index is 13.0. The molecule has 2 aromatic rings. The zero-order valence-electron chi connectivity index (χ0n) is 16.5. The van der Waals surface area contributed by atoms with Crippen LogP contribution in [0.4, 0.5) is 13.2 Å². The molecule has 154 valence electrons. The Morgan fingerprint density at radius 3 is 2.45 bits per heavy atom. The maximum Gasteiger partial charge on any atom is 0.416 e. The predicted molar refractivity (Wildman–Crippen MR) is 107 cm³/mol. The summed E-state index contributed by atoms with van der Waals surface area (Å²) < 4.78 is 39.1. The molecule has 0 aromatic heterocycles. The molecule has 0 radical (unpaired) electrons. The molecular formula is C21H23F3N2O2Si. The highest BCUT2D eigenvalue weighted by atomic mass is 28.3. The third-order valence-electron chi connectivity index (χ3n) is 4.71. The average molecular weight is 421 g/mol.